The number of nitrogens with zero attached hydrogens (tertiary/aromatic N) is 2. The van der Waals surface area contributed by atoms with Gasteiger partial charge in [-0.3, -0.25) is 9.59 Å². The molecule has 6 heteroatoms. The van der Waals surface area contributed by atoms with Crippen molar-refractivity contribution in [1.29, 1.82) is 0 Å². The Morgan fingerprint density at radius 1 is 1.33 bits per heavy atom. The molecule has 0 aliphatic heterocycles. The van der Waals surface area contributed by atoms with E-state index in [0.29, 0.717) is 12.4 Å². The molecule has 128 valence electrons. The third-order valence-electron chi connectivity index (χ3n) is 3.98. The Labute approximate surface area is 141 Å². The highest BCUT2D eigenvalue weighted by atomic mass is 16.5. The van der Waals surface area contributed by atoms with Crippen LogP contribution in [0.5, 0.6) is 5.75 Å². The topological polar surface area (TPSA) is 63.6 Å². The van der Waals surface area contributed by atoms with E-state index in [2.05, 4.69) is 5.32 Å². The SMILES string of the molecule is CNC(=O)[C@H](C)N(C)c1cc(=O)c(OCc2ccccc2)cn1C. The van der Waals surface area contributed by atoms with E-state index in [1.165, 1.54) is 6.07 Å². The van der Waals surface area contributed by atoms with Gasteiger partial charge in [0, 0.05) is 27.2 Å². The second-order valence-corrected chi connectivity index (χ2v) is 5.65. The quantitative estimate of drug-likeness (QED) is 0.873. The number of aromatic nitrogens is 1. The van der Waals surface area contributed by atoms with Crippen molar-refractivity contribution in [3.8, 4) is 5.75 Å². The molecule has 1 N–H and O–H groups in total. The number of ether oxygens (including phenoxy) is 1. The molecule has 0 spiro atoms. The molecule has 1 amide bonds. The second-order valence-electron chi connectivity index (χ2n) is 5.65. The summed E-state index contributed by atoms with van der Waals surface area (Å²) >= 11 is 0. The third kappa shape index (κ3) is 3.95. The van der Waals surface area contributed by atoms with Gasteiger partial charge in [0.15, 0.2) is 5.75 Å². The molecule has 0 radical (unpaired) electrons. The summed E-state index contributed by atoms with van der Waals surface area (Å²) < 4.78 is 7.42. The van der Waals surface area contributed by atoms with Gasteiger partial charge < -0.3 is 19.5 Å². The van der Waals surface area contributed by atoms with Gasteiger partial charge in [-0.25, -0.2) is 0 Å². The minimum atomic E-state index is -0.392. The van der Waals surface area contributed by atoms with Crippen LogP contribution < -0.4 is 20.4 Å². The molecule has 1 aromatic heterocycles. The number of carbonyl (C=O) groups excluding carboxylic acids is 1. The monoisotopic (exact) mass is 329 g/mol. The predicted molar refractivity (Wildman–Crippen MR) is 94.4 cm³/mol. The molecule has 0 bridgehead atoms. The van der Waals surface area contributed by atoms with Gasteiger partial charge in [0.2, 0.25) is 11.3 Å². The average molecular weight is 329 g/mol. The van der Waals surface area contributed by atoms with Crippen LogP contribution in [-0.2, 0) is 18.4 Å². The van der Waals surface area contributed by atoms with Crippen molar-refractivity contribution in [1.82, 2.24) is 9.88 Å². The highest BCUT2D eigenvalue weighted by Crippen LogP contribution is 2.16. The Balaban J connectivity index is 2.19. The molecular weight excluding hydrogens is 306 g/mol. The van der Waals surface area contributed by atoms with E-state index in [9.17, 15) is 9.59 Å². The molecule has 0 fully saturated rings. The number of amides is 1. The summed E-state index contributed by atoms with van der Waals surface area (Å²) in [6.07, 6.45) is 1.65. The summed E-state index contributed by atoms with van der Waals surface area (Å²) in [5, 5.41) is 2.61. The summed E-state index contributed by atoms with van der Waals surface area (Å²) in [4.78, 5) is 25.8. The average Bonchev–Trinajstić information content (AvgIpc) is 2.61. The van der Waals surface area contributed by atoms with Crippen molar-refractivity contribution in [3.05, 3.63) is 58.4 Å². The maximum atomic E-state index is 12.3. The second kappa shape index (κ2) is 7.68. The molecule has 1 heterocycles. The fourth-order valence-corrected chi connectivity index (χ4v) is 2.37. The van der Waals surface area contributed by atoms with Gasteiger partial charge in [-0.15, -0.1) is 0 Å². The molecule has 6 nitrogen and oxygen atoms in total. The molecule has 0 unspecified atom stereocenters. The van der Waals surface area contributed by atoms with Crippen LogP contribution in [0, 0.1) is 0 Å². The Kier molecular flexibility index (Phi) is 5.63. The van der Waals surface area contributed by atoms with E-state index in [1.807, 2.05) is 37.4 Å². The Morgan fingerprint density at radius 2 is 2.00 bits per heavy atom. The third-order valence-corrected chi connectivity index (χ3v) is 3.98. The maximum Gasteiger partial charge on any atom is 0.242 e. The fourth-order valence-electron chi connectivity index (χ4n) is 2.37. The number of hydrogen-bond donors (Lipinski definition) is 1. The number of benzene rings is 1. The molecule has 0 aliphatic rings. The van der Waals surface area contributed by atoms with Crippen LogP contribution in [0.1, 0.15) is 12.5 Å². The van der Waals surface area contributed by atoms with Crippen LogP contribution in [0.2, 0.25) is 0 Å². The van der Waals surface area contributed by atoms with E-state index < -0.39 is 6.04 Å². The van der Waals surface area contributed by atoms with Crippen molar-refractivity contribution in [2.45, 2.75) is 19.6 Å². The molecule has 0 aliphatic carbocycles. The van der Waals surface area contributed by atoms with Gasteiger partial charge in [0.25, 0.3) is 0 Å². The van der Waals surface area contributed by atoms with Gasteiger partial charge in [-0.2, -0.15) is 0 Å². The van der Waals surface area contributed by atoms with Gasteiger partial charge in [0.1, 0.15) is 18.5 Å². The Hall–Kier alpha value is -2.76. The van der Waals surface area contributed by atoms with Gasteiger partial charge >= 0.3 is 0 Å². The molecule has 1 atom stereocenters. The Morgan fingerprint density at radius 3 is 2.62 bits per heavy atom. The minimum Gasteiger partial charge on any atom is -0.483 e. The van der Waals surface area contributed by atoms with E-state index in [4.69, 9.17) is 4.74 Å². The fraction of sp³-hybridized carbons (Fsp3) is 0.333. The van der Waals surface area contributed by atoms with Crippen molar-refractivity contribution < 1.29 is 9.53 Å². The van der Waals surface area contributed by atoms with Crippen LogP contribution in [0.4, 0.5) is 5.82 Å². The number of pyridine rings is 1. The highest BCUT2D eigenvalue weighted by molar-refractivity contribution is 5.84. The predicted octanol–water partition coefficient (Wildman–Crippen LogP) is 1.53. The van der Waals surface area contributed by atoms with Gasteiger partial charge in [-0.1, -0.05) is 30.3 Å². The van der Waals surface area contributed by atoms with E-state index in [1.54, 1.807) is 36.7 Å². The van der Waals surface area contributed by atoms with E-state index >= 15 is 0 Å². The number of aryl methyl sites for hydroxylation is 1. The first-order valence-corrected chi connectivity index (χ1v) is 7.76. The number of carbonyl (C=O) groups is 1. The zero-order valence-corrected chi connectivity index (χ0v) is 14.4. The number of rotatable bonds is 6. The molecule has 2 rings (SSSR count). The Bertz CT molecular complexity index is 756. The number of nitrogens with one attached hydrogen (secondary N) is 1. The van der Waals surface area contributed by atoms with Crippen LogP contribution in [-0.4, -0.2) is 30.6 Å². The molecule has 0 saturated heterocycles. The normalized spacial score (nSPS) is 11.7. The molecule has 1 aromatic carbocycles. The largest absolute Gasteiger partial charge is 0.483 e. The zero-order valence-electron chi connectivity index (χ0n) is 14.4. The lowest BCUT2D eigenvalue weighted by Crippen LogP contribution is -2.43. The van der Waals surface area contributed by atoms with E-state index in [-0.39, 0.29) is 17.1 Å². The molecule has 0 saturated carbocycles. The van der Waals surface area contributed by atoms with Crippen molar-refractivity contribution in [2.75, 3.05) is 19.0 Å². The summed E-state index contributed by atoms with van der Waals surface area (Å²) in [6.45, 7) is 2.11. The first-order valence-electron chi connectivity index (χ1n) is 7.76. The molecular formula is C18H23N3O3. The smallest absolute Gasteiger partial charge is 0.242 e. The highest BCUT2D eigenvalue weighted by Gasteiger charge is 2.19. The zero-order chi connectivity index (χ0) is 17.7. The summed E-state index contributed by atoms with van der Waals surface area (Å²) in [7, 11) is 5.18. The first-order chi connectivity index (χ1) is 11.4. The van der Waals surface area contributed by atoms with Crippen molar-refractivity contribution >= 4 is 11.7 Å². The lowest BCUT2D eigenvalue weighted by atomic mass is 10.2. The van der Waals surface area contributed by atoms with Crippen molar-refractivity contribution in [3.63, 3.8) is 0 Å². The lowest BCUT2D eigenvalue weighted by molar-refractivity contribution is -0.121. The number of hydrogen-bond acceptors (Lipinski definition) is 4. The van der Waals surface area contributed by atoms with Crippen LogP contribution in [0.15, 0.2) is 47.4 Å². The number of anilines is 1. The maximum absolute atomic E-state index is 12.3. The minimum absolute atomic E-state index is 0.116. The van der Waals surface area contributed by atoms with Crippen LogP contribution >= 0.6 is 0 Å². The standard InChI is InChI=1S/C18H23N3O3/c1-13(18(23)19-2)21(4)17-10-15(22)16(11-20(17)3)24-12-14-8-6-5-7-9-14/h5-11,13H,12H2,1-4H3,(H,19,23)/t13-/m0/s1. The molecule has 24 heavy (non-hydrogen) atoms. The van der Waals surface area contributed by atoms with Crippen LogP contribution in [0.25, 0.3) is 0 Å². The van der Waals surface area contributed by atoms with Crippen LogP contribution in [0.3, 0.4) is 0 Å². The summed E-state index contributed by atoms with van der Waals surface area (Å²) in [6, 6.07) is 10.8. The van der Waals surface area contributed by atoms with Gasteiger partial charge in [0.05, 0.1) is 6.20 Å². The van der Waals surface area contributed by atoms with Gasteiger partial charge in [-0.05, 0) is 12.5 Å². The summed E-state index contributed by atoms with van der Waals surface area (Å²) in [5.74, 6) is 0.809. The van der Waals surface area contributed by atoms with E-state index in [0.717, 1.165) is 5.56 Å². The lowest BCUT2D eigenvalue weighted by Gasteiger charge is -2.27. The number of likely N-dealkylation sites (N-methyl/N-ethyl adjacent to an activating group) is 2. The van der Waals surface area contributed by atoms with Crippen molar-refractivity contribution in [2.24, 2.45) is 7.05 Å². The summed E-state index contributed by atoms with van der Waals surface area (Å²) in [5.41, 5.74) is 0.781. The molecule has 2 aromatic rings. The first kappa shape index (κ1) is 17.6.